The molecule has 2 rings (SSSR count). The molecule has 1 amide bonds. The third-order valence-corrected chi connectivity index (χ3v) is 3.08. The second kappa shape index (κ2) is 2.86. The molecule has 7 heteroatoms. The zero-order chi connectivity index (χ0) is 10.3. The highest BCUT2D eigenvalue weighted by Gasteiger charge is 2.20. The van der Waals surface area contributed by atoms with Gasteiger partial charge in [0.1, 0.15) is 0 Å². The molecule has 0 N–H and O–H groups in total. The van der Waals surface area contributed by atoms with Crippen LogP contribution in [-0.4, -0.2) is 14.3 Å². The number of rotatable bonds is 1. The summed E-state index contributed by atoms with van der Waals surface area (Å²) in [5.41, 5.74) is 0.519. The number of amides is 1. The second-order valence-corrected chi connectivity index (χ2v) is 5.19. The Morgan fingerprint density at radius 2 is 1.93 bits per heavy atom. The van der Waals surface area contributed by atoms with Crippen LogP contribution in [0.5, 0.6) is 0 Å². The lowest BCUT2D eigenvalue weighted by Gasteiger charge is -1.97. The summed E-state index contributed by atoms with van der Waals surface area (Å²) in [6.45, 7) is 0. The van der Waals surface area contributed by atoms with Crippen LogP contribution in [-0.2, 0) is 9.05 Å². The molecule has 1 aliphatic heterocycles. The Morgan fingerprint density at radius 1 is 1.21 bits per heavy atom. The zero-order valence-electron chi connectivity index (χ0n) is 6.64. The normalized spacial score (nSPS) is 14.5. The standard InChI is InChI=1S/C7H3ClN2O3S/c8-14(12,13)4-1-2-6-5(3-4)7(11)10-9-6/h1-3H. The van der Waals surface area contributed by atoms with Crippen LogP contribution in [0, 0.1) is 0 Å². The summed E-state index contributed by atoms with van der Waals surface area (Å²) < 4.78 is 21.9. The van der Waals surface area contributed by atoms with Crippen LogP contribution >= 0.6 is 10.7 Å². The van der Waals surface area contributed by atoms with Gasteiger partial charge in [0.15, 0.2) is 0 Å². The fraction of sp³-hybridized carbons (Fsp3) is 0. The van der Waals surface area contributed by atoms with E-state index in [-0.39, 0.29) is 10.5 Å². The van der Waals surface area contributed by atoms with Crippen molar-refractivity contribution in [2.24, 2.45) is 10.2 Å². The first-order valence-electron chi connectivity index (χ1n) is 3.53. The number of benzene rings is 1. The van der Waals surface area contributed by atoms with E-state index < -0.39 is 15.0 Å². The van der Waals surface area contributed by atoms with Crippen molar-refractivity contribution in [2.45, 2.75) is 4.90 Å². The fourth-order valence-electron chi connectivity index (χ4n) is 1.08. The van der Waals surface area contributed by atoms with Gasteiger partial charge < -0.3 is 0 Å². The second-order valence-electron chi connectivity index (χ2n) is 2.62. The minimum atomic E-state index is -3.81. The van der Waals surface area contributed by atoms with Crippen molar-refractivity contribution in [3.63, 3.8) is 0 Å². The van der Waals surface area contributed by atoms with Crippen LogP contribution in [0.15, 0.2) is 33.3 Å². The molecule has 0 spiro atoms. The van der Waals surface area contributed by atoms with E-state index in [1.54, 1.807) is 0 Å². The Kier molecular flexibility index (Phi) is 1.90. The molecule has 1 aromatic rings. The van der Waals surface area contributed by atoms with Gasteiger partial charge in [0, 0.05) is 10.7 Å². The molecule has 0 unspecified atom stereocenters. The van der Waals surface area contributed by atoms with Crippen molar-refractivity contribution >= 4 is 31.3 Å². The van der Waals surface area contributed by atoms with Gasteiger partial charge in [-0.1, -0.05) is 0 Å². The summed E-state index contributed by atoms with van der Waals surface area (Å²) in [6, 6.07) is 3.83. The van der Waals surface area contributed by atoms with Gasteiger partial charge in [-0.15, -0.1) is 10.2 Å². The van der Waals surface area contributed by atoms with Crippen molar-refractivity contribution in [1.29, 1.82) is 0 Å². The van der Waals surface area contributed by atoms with Crippen LogP contribution in [0.1, 0.15) is 10.4 Å². The number of hydrogen-bond donors (Lipinski definition) is 0. The molecule has 0 saturated carbocycles. The van der Waals surface area contributed by atoms with Crippen LogP contribution in [0.3, 0.4) is 0 Å². The van der Waals surface area contributed by atoms with E-state index in [0.29, 0.717) is 5.69 Å². The van der Waals surface area contributed by atoms with Crippen molar-refractivity contribution < 1.29 is 13.2 Å². The van der Waals surface area contributed by atoms with Gasteiger partial charge in [-0.3, -0.25) is 4.79 Å². The molecule has 5 nitrogen and oxygen atoms in total. The lowest BCUT2D eigenvalue weighted by atomic mass is 10.2. The third kappa shape index (κ3) is 1.42. The molecule has 0 aromatic heterocycles. The Bertz CT molecular complexity index is 550. The Hall–Kier alpha value is -1.27. The highest BCUT2D eigenvalue weighted by molar-refractivity contribution is 8.13. The first-order valence-corrected chi connectivity index (χ1v) is 5.84. The molecular formula is C7H3ClN2O3S. The quantitative estimate of drug-likeness (QED) is 0.691. The summed E-state index contributed by atoms with van der Waals surface area (Å²) in [5.74, 6) is -0.554. The van der Waals surface area contributed by atoms with E-state index in [9.17, 15) is 13.2 Å². The molecule has 1 heterocycles. The average Bonchev–Trinajstić information content (AvgIpc) is 2.46. The number of nitrogens with zero attached hydrogens (tertiary/aromatic N) is 2. The highest BCUT2D eigenvalue weighted by Crippen LogP contribution is 2.29. The Morgan fingerprint density at radius 3 is 2.57 bits per heavy atom. The molecule has 0 aliphatic carbocycles. The highest BCUT2D eigenvalue weighted by atomic mass is 35.7. The van der Waals surface area contributed by atoms with Gasteiger partial charge in [0.05, 0.1) is 16.1 Å². The monoisotopic (exact) mass is 230 g/mol. The molecule has 0 radical (unpaired) electrons. The number of azo groups is 1. The van der Waals surface area contributed by atoms with Gasteiger partial charge in [-0.05, 0) is 18.2 Å². The molecule has 72 valence electrons. The predicted molar refractivity (Wildman–Crippen MR) is 48.3 cm³/mol. The first-order chi connectivity index (χ1) is 6.48. The number of hydrogen-bond acceptors (Lipinski definition) is 4. The number of carbonyl (C=O) groups is 1. The van der Waals surface area contributed by atoms with Gasteiger partial charge in [-0.25, -0.2) is 8.42 Å². The maximum Gasteiger partial charge on any atom is 0.297 e. The predicted octanol–water partition coefficient (Wildman–Crippen LogP) is 1.85. The summed E-state index contributed by atoms with van der Waals surface area (Å²) in [5, 5.41) is 6.82. The summed E-state index contributed by atoms with van der Waals surface area (Å²) in [7, 11) is 1.30. The van der Waals surface area contributed by atoms with E-state index in [1.807, 2.05) is 0 Å². The van der Waals surface area contributed by atoms with Crippen LogP contribution in [0.25, 0.3) is 0 Å². The molecule has 1 aromatic carbocycles. The number of fused-ring (bicyclic) bond motifs is 1. The van der Waals surface area contributed by atoms with Crippen molar-refractivity contribution in [1.82, 2.24) is 0 Å². The van der Waals surface area contributed by atoms with Gasteiger partial charge in [0.25, 0.3) is 15.0 Å². The van der Waals surface area contributed by atoms with Gasteiger partial charge in [0.2, 0.25) is 0 Å². The lowest BCUT2D eigenvalue weighted by Crippen LogP contribution is -1.94. The van der Waals surface area contributed by atoms with Crippen molar-refractivity contribution in [3.8, 4) is 0 Å². The van der Waals surface area contributed by atoms with Gasteiger partial charge in [-0.2, -0.15) is 0 Å². The van der Waals surface area contributed by atoms with E-state index in [0.717, 1.165) is 0 Å². The average molecular weight is 231 g/mol. The minimum Gasteiger partial charge on any atom is -0.265 e. The maximum atomic E-state index is 11.0. The largest absolute Gasteiger partial charge is 0.297 e. The van der Waals surface area contributed by atoms with E-state index in [2.05, 4.69) is 10.2 Å². The summed E-state index contributed by atoms with van der Waals surface area (Å²) >= 11 is 0. The van der Waals surface area contributed by atoms with Crippen LogP contribution in [0.4, 0.5) is 5.69 Å². The van der Waals surface area contributed by atoms with Crippen molar-refractivity contribution in [3.05, 3.63) is 23.8 Å². The van der Waals surface area contributed by atoms with E-state index in [4.69, 9.17) is 10.7 Å². The van der Waals surface area contributed by atoms with Crippen LogP contribution < -0.4 is 0 Å². The Labute approximate surface area is 83.8 Å². The zero-order valence-corrected chi connectivity index (χ0v) is 8.21. The molecule has 14 heavy (non-hydrogen) atoms. The molecule has 0 bridgehead atoms. The molecule has 0 fully saturated rings. The number of halogens is 1. The SMILES string of the molecule is O=C1N=Nc2ccc(S(=O)(=O)Cl)cc21. The van der Waals surface area contributed by atoms with E-state index >= 15 is 0 Å². The van der Waals surface area contributed by atoms with Crippen LogP contribution in [0.2, 0.25) is 0 Å². The maximum absolute atomic E-state index is 11.0. The summed E-state index contributed by atoms with van der Waals surface area (Å²) in [6.07, 6.45) is 0. The van der Waals surface area contributed by atoms with E-state index in [1.165, 1.54) is 18.2 Å². The molecule has 0 saturated heterocycles. The van der Waals surface area contributed by atoms with Gasteiger partial charge >= 0.3 is 0 Å². The number of carbonyl (C=O) groups excluding carboxylic acids is 1. The molecular weight excluding hydrogens is 228 g/mol. The fourth-order valence-corrected chi connectivity index (χ4v) is 1.86. The summed E-state index contributed by atoms with van der Waals surface area (Å²) in [4.78, 5) is 10.9. The Balaban J connectivity index is 2.64. The van der Waals surface area contributed by atoms with Crippen molar-refractivity contribution in [2.75, 3.05) is 0 Å². The molecule has 0 atom stereocenters. The third-order valence-electron chi connectivity index (χ3n) is 1.73. The first kappa shape index (κ1) is 9.29. The molecule has 1 aliphatic rings. The lowest BCUT2D eigenvalue weighted by molar-refractivity contribution is 0.100. The smallest absolute Gasteiger partial charge is 0.265 e. The topological polar surface area (TPSA) is 75.9 Å². The minimum absolute atomic E-state index is 0.126.